The zero-order valence-corrected chi connectivity index (χ0v) is 67.0. The van der Waals surface area contributed by atoms with E-state index >= 15 is 0 Å². The van der Waals surface area contributed by atoms with Crippen molar-refractivity contribution in [3.8, 4) is 0 Å². The summed E-state index contributed by atoms with van der Waals surface area (Å²) in [4.78, 5) is 73.0. The highest BCUT2D eigenvalue weighted by Gasteiger charge is 2.30. The summed E-state index contributed by atoms with van der Waals surface area (Å²) in [7, 11) is -9.92. The summed E-state index contributed by atoms with van der Waals surface area (Å²) < 4.78 is 68.7. The monoisotopic (exact) mass is 1470 g/mol. The van der Waals surface area contributed by atoms with E-state index in [0.29, 0.717) is 25.7 Å². The Morgan fingerprint density at radius 2 is 0.400 bits per heavy atom. The molecule has 17 nitrogen and oxygen atoms in total. The fraction of sp³-hybridized carbons (Fsp3) is 0.951. The van der Waals surface area contributed by atoms with E-state index in [1.807, 2.05) is 0 Å². The van der Waals surface area contributed by atoms with Gasteiger partial charge >= 0.3 is 39.5 Å². The molecule has 0 spiro atoms. The maximum Gasteiger partial charge on any atom is 0.472 e. The lowest BCUT2D eigenvalue weighted by atomic mass is 10.0. The maximum atomic E-state index is 13.1. The number of aliphatic hydroxyl groups excluding tert-OH is 1. The molecular weight excluding hydrogens is 1310 g/mol. The molecule has 19 heteroatoms. The van der Waals surface area contributed by atoms with E-state index in [-0.39, 0.29) is 25.7 Å². The van der Waals surface area contributed by atoms with Gasteiger partial charge in [0.15, 0.2) is 12.2 Å². The summed E-state index contributed by atoms with van der Waals surface area (Å²) in [5.41, 5.74) is 0. The molecule has 0 aromatic carbocycles. The van der Waals surface area contributed by atoms with Gasteiger partial charge in [-0.3, -0.25) is 37.3 Å². The number of ether oxygens (including phenoxy) is 4. The van der Waals surface area contributed by atoms with Crippen LogP contribution < -0.4 is 0 Å². The number of phosphoric acid groups is 2. The molecule has 0 aromatic heterocycles. The molecule has 0 aliphatic heterocycles. The van der Waals surface area contributed by atoms with Gasteiger partial charge in [-0.15, -0.1) is 0 Å². The van der Waals surface area contributed by atoms with E-state index in [4.69, 9.17) is 37.0 Å². The quantitative estimate of drug-likeness (QED) is 0.0222. The molecule has 0 rings (SSSR count). The van der Waals surface area contributed by atoms with Gasteiger partial charge in [-0.2, -0.15) is 0 Å². The Bertz CT molecular complexity index is 1890. The number of hydrogen-bond acceptors (Lipinski definition) is 15. The number of esters is 4. The molecule has 0 amide bonds. The fourth-order valence-corrected chi connectivity index (χ4v) is 14.2. The van der Waals surface area contributed by atoms with Crippen molar-refractivity contribution >= 4 is 39.5 Å². The van der Waals surface area contributed by atoms with Gasteiger partial charge in [-0.05, 0) is 25.7 Å². The Kier molecular flexibility index (Phi) is 73.8. The van der Waals surface area contributed by atoms with Crippen molar-refractivity contribution in [2.24, 2.45) is 0 Å². The van der Waals surface area contributed by atoms with Gasteiger partial charge in [0.05, 0.1) is 26.4 Å². The van der Waals surface area contributed by atoms with E-state index in [1.165, 1.54) is 270 Å². The lowest BCUT2D eigenvalue weighted by Crippen LogP contribution is -2.30. The molecule has 0 saturated heterocycles. The van der Waals surface area contributed by atoms with Gasteiger partial charge in [-0.1, -0.05) is 387 Å². The van der Waals surface area contributed by atoms with Crippen molar-refractivity contribution in [3.63, 3.8) is 0 Å². The van der Waals surface area contributed by atoms with Crippen LogP contribution in [0, 0.1) is 0 Å². The zero-order chi connectivity index (χ0) is 73.2. The van der Waals surface area contributed by atoms with Crippen LogP contribution in [0.2, 0.25) is 0 Å². The van der Waals surface area contributed by atoms with Gasteiger partial charge in [-0.25, -0.2) is 9.13 Å². The van der Waals surface area contributed by atoms with Gasteiger partial charge in [0.1, 0.15) is 19.3 Å². The molecule has 0 radical (unpaired) electrons. The second kappa shape index (κ2) is 75.3. The zero-order valence-electron chi connectivity index (χ0n) is 65.2. The second-order valence-corrected chi connectivity index (χ2v) is 32.1. The van der Waals surface area contributed by atoms with Crippen molar-refractivity contribution in [2.75, 3.05) is 39.6 Å². The first-order valence-corrected chi connectivity index (χ1v) is 45.3. The standard InChI is InChI=1S/C81H158O17P2/c1-5-9-13-17-21-25-29-32-34-36-38-40-42-44-48-52-56-60-64-68-81(86)98-77(72-92-79(84)66-62-58-54-50-47-43-41-39-37-35-33-30-26-22-18-14-10-6-2)74-96-100(89,90)94-70-75(82)69-93-99(87,88)95-73-76(71-91-78(83)65-61-57-53-49-45-28-24-20-16-12-8-4)97-80(85)67-63-59-55-51-46-31-27-23-19-15-11-7-3/h75-77,82H,5-74H2,1-4H3,(H,87,88)(H,89,90)/t75-,76+,77+/m0/s1. The highest BCUT2D eigenvalue weighted by molar-refractivity contribution is 7.47. The molecule has 0 aliphatic carbocycles. The molecule has 0 aromatic rings. The van der Waals surface area contributed by atoms with Crippen LogP contribution >= 0.6 is 15.6 Å². The fourth-order valence-electron chi connectivity index (χ4n) is 12.6. The van der Waals surface area contributed by atoms with E-state index in [1.54, 1.807) is 0 Å². The van der Waals surface area contributed by atoms with Gasteiger partial charge in [0, 0.05) is 25.7 Å². The minimum Gasteiger partial charge on any atom is -0.462 e. The van der Waals surface area contributed by atoms with Crippen molar-refractivity contribution in [1.82, 2.24) is 0 Å². The summed E-state index contributed by atoms with van der Waals surface area (Å²) in [6, 6.07) is 0. The first-order valence-electron chi connectivity index (χ1n) is 42.3. The molecule has 2 unspecified atom stereocenters. The van der Waals surface area contributed by atoms with E-state index in [2.05, 4.69) is 27.7 Å². The number of aliphatic hydroxyl groups is 1. The van der Waals surface area contributed by atoms with Crippen LogP contribution in [0.4, 0.5) is 0 Å². The molecule has 0 bridgehead atoms. The highest BCUT2D eigenvalue weighted by Crippen LogP contribution is 2.45. The molecule has 5 atom stereocenters. The summed E-state index contributed by atoms with van der Waals surface area (Å²) in [6.07, 6.45) is 67.9. The van der Waals surface area contributed by atoms with Crippen LogP contribution in [-0.4, -0.2) is 96.7 Å². The summed E-state index contributed by atoms with van der Waals surface area (Å²) >= 11 is 0. The molecule has 3 N–H and O–H groups in total. The molecule has 0 heterocycles. The topological polar surface area (TPSA) is 237 Å². The lowest BCUT2D eigenvalue weighted by molar-refractivity contribution is -0.161. The van der Waals surface area contributed by atoms with Gasteiger partial charge in [0.2, 0.25) is 0 Å². The van der Waals surface area contributed by atoms with E-state index < -0.39 is 97.5 Å². The van der Waals surface area contributed by atoms with Crippen LogP contribution in [0.5, 0.6) is 0 Å². The Hall–Kier alpha value is -1.94. The molecule has 0 aliphatic rings. The smallest absolute Gasteiger partial charge is 0.462 e. The predicted octanol–water partition coefficient (Wildman–Crippen LogP) is 24.6. The Balaban J connectivity index is 5.22. The number of unbranched alkanes of at least 4 members (excludes halogenated alkanes) is 56. The van der Waals surface area contributed by atoms with Crippen LogP contribution in [-0.2, 0) is 65.4 Å². The largest absolute Gasteiger partial charge is 0.472 e. The molecule has 100 heavy (non-hydrogen) atoms. The Morgan fingerprint density at radius 3 is 0.590 bits per heavy atom. The normalized spacial score (nSPS) is 13.8. The van der Waals surface area contributed by atoms with Crippen molar-refractivity contribution in [3.05, 3.63) is 0 Å². The number of carbonyl (C=O) groups is 4. The average molecular weight is 1470 g/mol. The van der Waals surface area contributed by atoms with E-state index in [9.17, 15) is 43.2 Å². The number of phosphoric ester groups is 2. The SMILES string of the molecule is CCCCCCCCCCCCCCCCCCCCCC(=O)O[C@H](COC(=O)CCCCCCCCCCCCCCCCCCCC)COP(=O)(O)OC[C@@H](O)COP(=O)(O)OC[C@@H](COC(=O)CCCCCCCCCCCCC)OC(=O)CCCCCCCCCCCCCC. The Labute approximate surface area is 613 Å². The number of carbonyl (C=O) groups excluding carboxylic acids is 4. The number of hydrogen-bond donors (Lipinski definition) is 3. The predicted molar refractivity (Wildman–Crippen MR) is 409 cm³/mol. The van der Waals surface area contributed by atoms with Crippen molar-refractivity contribution < 1.29 is 80.2 Å². The van der Waals surface area contributed by atoms with Crippen molar-refractivity contribution in [1.29, 1.82) is 0 Å². The lowest BCUT2D eigenvalue weighted by Gasteiger charge is -2.21. The van der Waals surface area contributed by atoms with Crippen molar-refractivity contribution in [2.45, 2.75) is 457 Å². The first-order chi connectivity index (χ1) is 48.7. The average Bonchev–Trinajstić information content (AvgIpc) is 0.934. The van der Waals surface area contributed by atoms with Crippen LogP contribution in [0.15, 0.2) is 0 Å². The minimum atomic E-state index is -4.96. The molecule has 0 saturated carbocycles. The third-order valence-electron chi connectivity index (χ3n) is 19.1. The highest BCUT2D eigenvalue weighted by atomic mass is 31.2. The van der Waals surface area contributed by atoms with E-state index in [0.717, 1.165) is 89.9 Å². The molecular formula is C81H158O17P2. The Morgan fingerprint density at radius 1 is 0.240 bits per heavy atom. The second-order valence-electron chi connectivity index (χ2n) is 29.2. The van der Waals surface area contributed by atoms with Crippen LogP contribution in [0.1, 0.15) is 439 Å². The minimum absolute atomic E-state index is 0.108. The summed E-state index contributed by atoms with van der Waals surface area (Å²) in [6.45, 7) is 5.02. The maximum absolute atomic E-state index is 13.1. The third-order valence-corrected chi connectivity index (χ3v) is 21.0. The van der Waals surface area contributed by atoms with Crippen LogP contribution in [0.25, 0.3) is 0 Å². The summed E-state index contributed by atoms with van der Waals surface area (Å²) in [5.74, 6) is -2.10. The first kappa shape index (κ1) is 98.1. The molecule has 594 valence electrons. The molecule has 0 fully saturated rings. The third kappa shape index (κ3) is 74.3. The van der Waals surface area contributed by atoms with Gasteiger partial charge in [0.25, 0.3) is 0 Å². The summed E-state index contributed by atoms with van der Waals surface area (Å²) in [5, 5.41) is 10.6. The van der Waals surface area contributed by atoms with Crippen LogP contribution in [0.3, 0.4) is 0 Å². The number of rotatable bonds is 82. The van der Waals surface area contributed by atoms with Gasteiger partial charge < -0.3 is 33.8 Å².